The van der Waals surface area contributed by atoms with Crippen LogP contribution in [0.5, 0.6) is 0 Å². The Kier molecular flexibility index (Phi) is 3.39. The summed E-state index contributed by atoms with van der Waals surface area (Å²) >= 11 is 11.8. The number of hydrogen-bond acceptors (Lipinski definition) is 3. The first kappa shape index (κ1) is 11.3. The van der Waals surface area contributed by atoms with Crippen molar-refractivity contribution in [3.05, 3.63) is 58.1 Å². The molecule has 2 rings (SSSR count). The predicted molar refractivity (Wildman–Crippen MR) is 64.5 cm³/mol. The summed E-state index contributed by atoms with van der Waals surface area (Å²) in [6.45, 7) is 0. The maximum Gasteiger partial charge on any atom is 0.0803 e. The maximum atomic E-state index is 6.04. The lowest BCUT2D eigenvalue weighted by Gasteiger charge is -2.12. The lowest BCUT2D eigenvalue weighted by Crippen LogP contribution is -2.14. The van der Waals surface area contributed by atoms with Gasteiger partial charge in [-0.25, -0.2) is 0 Å². The number of rotatable bonds is 2. The summed E-state index contributed by atoms with van der Waals surface area (Å²) < 4.78 is 0. The molecule has 16 heavy (non-hydrogen) atoms. The Labute approximate surface area is 103 Å². The average molecular weight is 254 g/mol. The van der Waals surface area contributed by atoms with Crippen LogP contribution in [0.25, 0.3) is 0 Å². The summed E-state index contributed by atoms with van der Waals surface area (Å²) in [5, 5.41) is 0.955. The predicted octanol–water partition coefficient (Wildman–Crippen LogP) is 2.83. The van der Waals surface area contributed by atoms with Crippen LogP contribution in [-0.4, -0.2) is 9.97 Å². The molecule has 0 amide bonds. The van der Waals surface area contributed by atoms with E-state index in [-0.39, 0.29) is 0 Å². The molecule has 0 bridgehead atoms. The van der Waals surface area contributed by atoms with E-state index >= 15 is 0 Å². The number of hydrogen-bond donors (Lipinski definition) is 1. The minimum atomic E-state index is -0.390. The molecule has 0 saturated carbocycles. The fourth-order valence-electron chi connectivity index (χ4n) is 1.37. The van der Waals surface area contributed by atoms with Crippen molar-refractivity contribution in [2.24, 2.45) is 5.73 Å². The Morgan fingerprint density at radius 3 is 2.69 bits per heavy atom. The van der Waals surface area contributed by atoms with Gasteiger partial charge in [0.1, 0.15) is 0 Å². The average Bonchev–Trinajstić information content (AvgIpc) is 2.29. The van der Waals surface area contributed by atoms with Gasteiger partial charge >= 0.3 is 0 Å². The zero-order chi connectivity index (χ0) is 11.5. The van der Waals surface area contributed by atoms with Crippen LogP contribution in [0.2, 0.25) is 10.0 Å². The van der Waals surface area contributed by atoms with E-state index in [1.165, 1.54) is 6.20 Å². The molecule has 2 aromatic rings. The van der Waals surface area contributed by atoms with Crippen LogP contribution in [-0.2, 0) is 0 Å². The third-order valence-electron chi connectivity index (χ3n) is 2.17. The van der Waals surface area contributed by atoms with Gasteiger partial charge in [0.05, 0.1) is 21.8 Å². The normalized spacial score (nSPS) is 12.4. The molecular formula is C11H9Cl2N3. The Morgan fingerprint density at radius 2 is 2.06 bits per heavy atom. The van der Waals surface area contributed by atoms with E-state index in [1.807, 2.05) is 12.1 Å². The Bertz CT molecular complexity index is 488. The first-order chi connectivity index (χ1) is 7.68. The van der Waals surface area contributed by atoms with Gasteiger partial charge in [0.25, 0.3) is 0 Å². The lowest BCUT2D eigenvalue weighted by atomic mass is 10.1. The van der Waals surface area contributed by atoms with Crippen LogP contribution < -0.4 is 5.73 Å². The van der Waals surface area contributed by atoms with E-state index < -0.39 is 6.04 Å². The van der Waals surface area contributed by atoms with Crippen LogP contribution in [0.3, 0.4) is 0 Å². The second-order valence-corrected chi connectivity index (χ2v) is 4.13. The van der Waals surface area contributed by atoms with Gasteiger partial charge in [-0.15, -0.1) is 0 Å². The lowest BCUT2D eigenvalue weighted by molar-refractivity contribution is 0.823. The molecule has 0 saturated heterocycles. The molecule has 2 aromatic heterocycles. The minimum absolute atomic E-state index is 0.390. The van der Waals surface area contributed by atoms with Crippen molar-refractivity contribution >= 4 is 23.2 Å². The van der Waals surface area contributed by atoms with Gasteiger partial charge in [-0.3, -0.25) is 9.97 Å². The minimum Gasteiger partial charge on any atom is -0.319 e. The van der Waals surface area contributed by atoms with E-state index in [2.05, 4.69) is 9.97 Å². The molecule has 2 heterocycles. The van der Waals surface area contributed by atoms with Crippen LogP contribution in [0.1, 0.15) is 17.3 Å². The van der Waals surface area contributed by atoms with Crippen molar-refractivity contribution in [1.82, 2.24) is 9.97 Å². The Morgan fingerprint density at radius 1 is 1.25 bits per heavy atom. The molecule has 0 fully saturated rings. The Balaban J connectivity index is 2.38. The summed E-state index contributed by atoms with van der Waals surface area (Å²) in [4.78, 5) is 8.14. The molecule has 1 atom stereocenters. The monoisotopic (exact) mass is 253 g/mol. The van der Waals surface area contributed by atoms with Crippen LogP contribution in [0.15, 0.2) is 36.8 Å². The second kappa shape index (κ2) is 4.78. The quantitative estimate of drug-likeness (QED) is 0.896. The van der Waals surface area contributed by atoms with Crippen molar-refractivity contribution in [3.8, 4) is 0 Å². The van der Waals surface area contributed by atoms with Crippen molar-refractivity contribution in [2.45, 2.75) is 6.04 Å². The summed E-state index contributed by atoms with van der Waals surface area (Å²) in [7, 11) is 0. The van der Waals surface area contributed by atoms with Gasteiger partial charge in [0.15, 0.2) is 0 Å². The second-order valence-electron chi connectivity index (χ2n) is 3.28. The number of nitrogens with zero attached hydrogens (tertiary/aromatic N) is 2. The summed E-state index contributed by atoms with van der Waals surface area (Å²) in [5.41, 5.74) is 7.49. The molecule has 5 heteroatoms. The molecule has 0 aromatic carbocycles. The fourth-order valence-corrected chi connectivity index (χ4v) is 1.87. The maximum absolute atomic E-state index is 6.04. The van der Waals surface area contributed by atoms with Crippen molar-refractivity contribution in [3.63, 3.8) is 0 Å². The topological polar surface area (TPSA) is 51.8 Å². The highest BCUT2D eigenvalue weighted by Gasteiger charge is 2.14. The molecule has 2 N–H and O–H groups in total. The molecule has 0 aliphatic carbocycles. The van der Waals surface area contributed by atoms with Gasteiger partial charge in [-0.05, 0) is 17.7 Å². The smallest absolute Gasteiger partial charge is 0.0803 e. The molecule has 1 unspecified atom stereocenters. The summed E-state index contributed by atoms with van der Waals surface area (Å²) in [6.07, 6.45) is 4.91. The van der Waals surface area contributed by atoms with Crippen molar-refractivity contribution in [1.29, 1.82) is 0 Å². The van der Waals surface area contributed by atoms with Gasteiger partial charge < -0.3 is 5.73 Å². The van der Waals surface area contributed by atoms with Crippen LogP contribution in [0, 0.1) is 0 Å². The highest BCUT2D eigenvalue weighted by molar-refractivity contribution is 6.34. The zero-order valence-electron chi connectivity index (χ0n) is 8.27. The van der Waals surface area contributed by atoms with E-state index in [4.69, 9.17) is 28.9 Å². The number of pyridine rings is 2. The molecule has 0 radical (unpaired) electrons. The molecule has 82 valence electrons. The third-order valence-corrected chi connectivity index (χ3v) is 2.68. The zero-order valence-corrected chi connectivity index (χ0v) is 9.78. The molecule has 0 spiro atoms. The highest BCUT2D eigenvalue weighted by Crippen LogP contribution is 2.26. The van der Waals surface area contributed by atoms with Gasteiger partial charge in [-0.2, -0.15) is 0 Å². The fraction of sp³-hybridized carbons (Fsp3) is 0.0909. The third kappa shape index (κ3) is 2.32. The highest BCUT2D eigenvalue weighted by atomic mass is 35.5. The molecule has 3 nitrogen and oxygen atoms in total. The van der Waals surface area contributed by atoms with Gasteiger partial charge in [-0.1, -0.05) is 29.3 Å². The molecule has 0 aliphatic heterocycles. The van der Waals surface area contributed by atoms with Gasteiger partial charge in [0.2, 0.25) is 0 Å². The summed E-state index contributed by atoms with van der Waals surface area (Å²) in [6, 6.07) is 4.93. The SMILES string of the molecule is NC(c1cccnc1)c1ncc(Cl)cc1Cl. The standard InChI is InChI=1S/C11H9Cl2N3/c12-8-4-9(13)11(16-6-8)10(14)7-2-1-3-15-5-7/h1-6,10H,14H2. The van der Waals surface area contributed by atoms with Crippen LogP contribution in [0.4, 0.5) is 0 Å². The van der Waals surface area contributed by atoms with E-state index in [0.29, 0.717) is 15.7 Å². The van der Waals surface area contributed by atoms with Crippen molar-refractivity contribution < 1.29 is 0 Å². The number of aromatic nitrogens is 2. The number of halogens is 2. The van der Waals surface area contributed by atoms with E-state index in [9.17, 15) is 0 Å². The number of nitrogens with two attached hydrogens (primary N) is 1. The summed E-state index contributed by atoms with van der Waals surface area (Å²) in [5.74, 6) is 0. The molecule has 0 aliphatic rings. The van der Waals surface area contributed by atoms with Gasteiger partial charge in [0, 0.05) is 18.6 Å². The molecular weight excluding hydrogens is 245 g/mol. The van der Waals surface area contributed by atoms with Crippen molar-refractivity contribution in [2.75, 3.05) is 0 Å². The van der Waals surface area contributed by atoms with Crippen LogP contribution >= 0.6 is 23.2 Å². The Hall–Kier alpha value is -1.16. The van der Waals surface area contributed by atoms with E-state index in [1.54, 1.807) is 18.5 Å². The van der Waals surface area contributed by atoms with E-state index in [0.717, 1.165) is 5.56 Å². The first-order valence-electron chi connectivity index (χ1n) is 4.65. The first-order valence-corrected chi connectivity index (χ1v) is 5.40. The largest absolute Gasteiger partial charge is 0.319 e.